The lowest BCUT2D eigenvalue weighted by Gasteiger charge is -2.37. The largest absolute Gasteiger partial charge is 0.472 e. The van der Waals surface area contributed by atoms with Gasteiger partial charge in [-0.15, -0.1) is 0 Å². The van der Waals surface area contributed by atoms with Crippen molar-refractivity contribution in [2.45, 2.75) is 46.4 Å². The van der Waals surface area contributed by atoms with Gasteiger partial charge < -0.3 is 14.7 Å². The standard InChI is InChI=1S/C27H34FN3O3/c1-18(2)10-11-21-12-23-26(29-13-21)34-25(19(3)14-31(27(23)33)20(4)17-32)16-30(5)15-22-8-6-7-9-24(22)28/h6-9,12-13,18-20,25,32H,14-17H2,1-5H3/t19-,20-,25-/m1/s1. The normalized spacial score (nSPS) is 19.1. The number of hydrogen-bond acceptors (Lipinski definition) is 5. The van der Waals surface area contributed by atoms with Crippen molar-refractivity contribution in [3.05, 3.63) is 59.0 Å². The summed E-state index contributed by atoms with van der Waals surface area (Å²) in [5, 5.41) is 9.80. The lowest BCUT2D eigenvalue weighted by atomic mass is 9.99. The topological polar surface area (TPSA) is 65.9 Å². The molecule has 1 aromatic heterocycles. The van der Waals surface area contributed by atoms with Gasteiger partial charge in [0.2, 0.25) is 5.88 Å². The molecule has 2 aromatic rings. The summed E-state index contributed by atoms with van der Waals surface area (Å²) in [5.74, 6) is 6.08. The maximum atomic E-state index is 14.1. The van der Waals surface area contributed by atoms with E-state index in [2.05, 4.69) is 16.8 Å². The van der Waals surface area contributed by atoms with Crippen LogP contribution in [0, 0.1) is 29.5 Å². The molecule has 1 aliphatic rings. The third-order valence-electron chi connectivity index (χ3n) is 5.92. The highest BCUT2D eigenvalue weighted by Gasteiger charge is 2.34. The van der Waals surface area contributed by atoms with Gasteiger partial charge in [0.15, 0.2) is 0 Å². The number of aromatic nitrogens is 1. The average molecular weight is 468 g/mol. The molecule has 0 spiro atoms. The molecule has 0 saturated heterocycles. The van der Waals surface area contributed by atoms with E-state index in [-0.39, 0.29) is 48.2 Å². The molecule has 6 nitrogen and oxygen atoms in total. The number of fused-ring (bicyclic) bond motifs is 1. The van der Waals surface area contributed by atoms with Gasteiger partial charge in [-0.3, -0.25) is 9.69 Å². The van der Waals surface area contributed by atoms with Crippen LogP contribution in [0.3, 0.4) is 0 Å². The number of halogens is 1. The summed E-state index contributed by atoms with van der Waals surface area (Å²) in [4.78, 5) is 21.6. The lowest BCUT2D eigenvalue weighted by Crippen LogP contribution is -2.49. The van der Waals surface area contributed by atoms with Crippen LogP contribution in [0.5, 0.6) is 5.88 Å². The van der Waals surface area contributed by atoms with E-state index in [0.717, 1.165) is 0 Å². The number of aliphatic hydroxyl groups is 1. The number of likely N-dealkylation sites (N-methyl/N-ethyl adjacent to an activating group) is 1. The molecule has 34 heavy (non-hydrogen) atoms. The number of ether oxygens (including phenoxy) is 1. The molecule has 1 N–H and O–H groups in total. The van der Waals surface area contributed by atoms with Crippen molar-refractivity contribution in [1.29, 1.82) is 0 Å². The number of aliphatic hydroxyl groups excluding tert-OH is 1. The molecule has 1 amide bonds. The van der Waals surface area contributed by atoms with E-state index in [1.165, 1.54) is 6.07 Å². The summed E-state index contributed by atoms with van der Waals surface area (Å²) in [7, 11) is 1.92. The maximum absolute atomic E-state index is 14.1. The zero-order valence-corrected chi connectivity index (χ0v) is 20.6. The van der Waals surface area contributed by atoms with Crippen molar-refractivity contribution in [2.75, 3.05) is 26.7 Å². The Morgan fingerprint density at radius 2 is 2.06 bits per heavy atom. The number of rotatable bonds is 6. The fourth-order valence-corrected chi connectivity index (χ4v) is 3.91. The van der Waals surface area contributed by atoms with Crippen LogP contribution in [-0.2, 0) is 6.54 Å². The molecule has 0 fully saturated rings. The predicted molar refractivity (Wildman–Crippen MR) is 130 cm³/mol. The molecule has 1 aliphatic heterocycles. The van der Waals surface area contributed by atoms with E-state index in [1.807, 2.05) is 45.7 Å². The second kappa shape index (κ2) is 11.5. The van der Waals surface area contributed by atoms with Crippen LogP contribution >= 0.6 is 0 Å². The molecule has 0 saturated carbocycles. The van der Waals surface area contributed by atoms with E-state index in [0.29, 0.717) is 36.3 Å². The molecule has 182 valence electrons. The SMILES string of the molecule is CC(C)C#Cc1cnc2c(c1)C(=O)N([C@H](C)CO)C[C@@H](C)[C@@H](CN(C)Cc1ccccc1F)O2. The van der Waals surface area contributed by atoms with Gasteiger partial charge in [-0.25, -0.2) is 9.37 Å². The highest BCUT2D eigenvalue weighted by atomic mass is 19.1. The molecular weight excluding hydrogens is 433 g/mol. The van der Waals surface area contributed by atoms with Crippen molar-refractivity contribution in [3.8, 4) is 17.7 Å². The number of pyridine rings is 1. The van der Waals surface area contributed by atoms with E-state index in [1.54, 1.807) is 29.3 Å². The zero-order valence-electron chi connectivity index (χ0n) is 20.6. The molecule has 0 aliphatic carbocycles. The first kappa shape index (κ1) is 25.7. The molecule has 0 unspecified atom stereocenters. The minimum atomic E-state index is -0.358. The quantitative estimate of drug-likeness (QED) is 0.658. The van der Waals surface area contributed by atoms with Gasteiger partial charge in [0.1, 0.15) is 17.5 Å². The van der Waals surface area contributed by atoms with Gasteiger partial charge in [-0.05, 0) is 26.1 Å². The molecule has 3 rings (SSSR count). The predicted octanol–water partition coefficient (Wildman–Crippen LogP) is 3.58. The first-order valence-electron chi connectivity index (χ1n) is 11.7. The number of carbonyl (C=O) groups is 1. The fraction of sp³-hybridized carbons (Fsp3) is 0.481. The smallest absolute Gasteiger partial charge is 0.259 e. The zero-order chi connectivity index (χ0) is 24.8. The second-order valence-corrected chi connectivity index (χ2v) is 9.41. The van der Waals surface area contributed by atoms with Crippen molar-refractivity contribution >= 4 is 5.91 Å². The van der Waals surface area contributed by atoms with Gasteiger partial charge in [-0.2, -0.15) is 0 Å². The summed E-state index contributed by atoms with van der Waals surface area (Å²) in [6.45, 7) is 9.04. The third kappa shape index (κ3) is 6.34. The van der Waals surface area contributed by atoms with E-state index in [4.69, 9.17) is 4.74 Å². The van der Waals surface area contributed by atoms with Crippen LogP contribution in [0.15, 0.2) is 36.5 Å². The molecule has 7 heteroatoms. The van der Waals surface area contributed by atoms with Gasteiger partial charge >= 0.3 is 0 Å². The summed E-state index contributed by atoms with van der Waals surface area (Å²) < 4.78 is 20.4. The van der Waals surface area contributed by atoms with Crippen LogP contribution < -0.4 is 4.74 Å². The molecule has 3 atom stereocenters. The summed E-state index contributed by atoms with van der Waals surface area (Å²) in [5.41, 5.74) is 1.59. The number of carbonyl (C=O) groups excluding carboxylic acids is 1. The Hall–Kier alpha value is -2.95. The minimum Gasteiger partial charge on any atom is -0.472 e. The number of hydrogen-bond donors (Lipinski definition) is 1. The molecule has 0 bridgehead atoms. The van der Waals surface area contributed by atoms with Gasteiger partial charge in [0.25, 0.3) is 5.91 Å². The fourth-order valence-electron chi connectivity index (χ4n) is 3.91. The summed E-state index contributed by atoms with van der Waals surface area (Å²) >= 11 is 0. The molecular formula is C27H34FN3O3. The van der Waals surface area contributed by atoms with Gasteiger partial charge in [0, 0.05) is 48.8 Å². The monoisotopic (exact) mass is 467 g/mol. The van der Waals surface area contributed by atoms with Crippen molar-refractivity contribution in [3.63, 3.8) is 0 Å². The van der Waals surface area contributed by atoms with E-state index >= 15 is 0 Å². The summed E-state index contributed by atoms with van der Waals surface area (Å²) in [6.07, 6.45) is 1.32. The highest BCUT2D eigenvalue weighted by molar-refractivity contribution is 5.97. The van der Waals surface area contributed by atoms with Crippen LogP contribution in [0.25, 0.3) is 0 Å². The van der Waals surface area contributed by atoms with Crippen molar-refractivity contribution in [1.82, 2.24) is 14.8 Å². The van der Waals surface area contributed by atoms with Gasteiger partial charge in [-0.1, -0.05) is 50.8 Å². The van der Waals surface area contributed by atoms with Crippen LogP contribution in [-0.4, -0.2) is 64.7 Å². The Morgan fingerprint density at radius 3 is 2.74 bits per heavy atom. The van der Waals surface area contributed by atoms with Crippen LogP contribution in [0.1, 0.15) is 49.2 Å². The average Bonchev–Trinajstić information content (AvgIpc) is 2.81. The lowest BCUT2D eigenvalue weighted by molar-refractivity contribution is 0.0324. The van der Waals surface area contributed by atoms with Crippen molar-refractivity contribution in [2.24, 2.45) is 11.8 Å². The van der Waals surface area contributed by atoms with E-state index in [9.17, 15) is 14.3 Å². The maximum Gasteiger partial charge on any atom is 0.259 e. The van der Waals surface area contributed by atoms with Crippen LogP contribution in [0.4, 0.5) is 4.39 Å². The molecule has 1 aromatic carbocycles. The Balaban J connectivity index is 1.91. The minimum absolute atomic E-state index is 0.0450. The molecule has 0 radical (unpaired) electrons. The molecule has 2 heterocycles. The van der Waals surface area contributed by atoms with Gasteiger partial charge in [0.05, 0.1) is 12.6 Å². The first-order chi connectivity index (χ1) is 16.2. The van der Waals surface area contributed by atoms with Crippen LogP contribution in [0.2, 0.25) is 0 Å². The summed E-state index contributed by atoms with van der Waals surface area (Å²) in [6, 6.07) is 8.08. The first-order valence-corrected chi connectivity index (χ1v) is 11.7. The number of benzene rings is 1. The number of nitrogens with zero attached hydrogens (tertiary/aromatic N) is 3. The Kier molecular flexibility index (Phi) is 8.65. The third-order valence-corrected chi connectivity index (χ3v) is 5.92. The van der Waals surface area contributed by atoms with E-state index < -0.39 is 0 Å². The number of amides is 1. The van der Waals surface area contributed by atoms with Crippen molar-refractivity contribution < 1.29 is 19.0 Å². The Labute approximate surface area is 201 Å². The Morgan fingerprint density at radius 1 is 1.32 bits per heavy atom. The second-order valence-electron chi connectivity index (χ2n) is 9.41. The Bertz CT molecular complexity index is 1060. The highest BCUT2D eigenvalue weighted by Crippen LogP contribution is 2.27.